The van der Waals surface area contributed by atoms with Crippen molar-refractivity contribution in [2.24, 2.45) is 5.16 Å². The van der Waals surface area contributed by atoms with E-state index in [-0.39, 0.29) is 5.01 Å². The number of aromatic nitrogens is 1. The van der Waals surface area contributed by atoms with Crippen LogP contribution in [0.4, 0.5) is 18.9 Å². The van der Waals surface area contributed by atoms with Gasteiger partial charge in [0.1, 0.15) is 11.5 Å². The number of carbonyl (C=O) groups excluding carboxylic acids is 1. The zero-order valence-electron chi connectivity index (χ0n) is 17.6. The maximum absolute atomic E-state index is 13.2. The molecule has 1 heterocycles. The van der Waals surface area contributed by atoms with Crippen molar-refractivity contribution in [2.75, 3.05) is 11.9 Å². The van der Waals surface area contributed by atoms with Gasteiger partial charge in [-0.1, -0.05) is 61.0 Å². The zero-order valence-corrected chi connectivity index (χ0v) is 18.4. The summed E-state index contributed by atoms with van der Waals surface area (Å²) in [5.41, 5.74) is 1.54. The maximum Gasteiger partial charge on any atom is 0.435 e. The summed E-state index contributed by atoms with van der Waals surface area (Å²) in [6.07, 6.45) is -1.13. The van der Waals surface area contributed by atoms with Crippen molar-refractivity contribution in [3.63, 3.8) is 0 Å². The molecule has 0 saturated carbocycles. The van der Waals surface area contributed by atoms with E-state index < -0.39 is 22.7 Å². The van der Waals surface area contributed by atoms with Gasteiger partial charge in [-0.05, 0) is 30.5 Å². The van der Waals surface area contributed by atoms with Crippen molar-refractivity contribution in [3.8, 4) is 11.1 Å². The molecule has 3 rings (SSSR count). The van der Waals surface area contributed by atoms with E-state index in [1.807, 2.05) is 24.3 Å². The van der Waals surface area contributed by atoms with E-state index in [0.717, 1.165) is 24.0 Å². The van der Waals surface area contributed by atoms with E-state index in [1.165, 1.54) is 6.92 Å². The molecule has 9 heteroatoms. The molecule has 168 valence electrons. The number of aryl methyl sites for hydroxylation is 1. The molecule has 3 aromatic rings. The molecule has 0 unspecified atom stereocenters. The lowest BCUT2D eigenvalue weighted by Gasteiger charge is -2.12. The fourth-order valence-electron chi connectivity index (χ4n) is 2.90. The minimum Gasteiger partial charge on any atom is -0.396 e. The highest BCUT2D eigenvalue weighted by molar-refractivity contribution is 7.13. The van der Waals surface area contributed by atoms with Crippen molar-refractivity contribution in [1.29, 1.82) is 0 Å². The topological polar surface area (TPSA) is 63.6 Å². The highest BCUT2D eigenvalue weighted by Gasteiger charge is 2.39. The van der Waals surface area contributed by atoms with Crippen LogP contribution in [-0.2, 0) is 11.0 Å². The second-order valence-electron chi connectivity index (χ2n) is 6.95. The van der Waals surface area contributed by atoms with E-state index in [2.05, 4.69) is 22.4 Å². The molecule has 5 nitrogen and oxygen atoms in total. The number of amides is 1. The number of halogens is 3. The van der Waals surface area contributed by atoms with Crippen LogP contribution in [0.2, 0.25) is 0 Å². The standard InChI is InChI=1S/C23H22F3N3O2S/c1-3-4-13-31-27-14-16-9-11-17(12-10-16)18-7-5-6-8-19(18)29-22(30)20-21(23(24,25)26)28-15(2)32-20/h5-12,14H,3-4,13H2,1-2H3,(H,29,30). The van der Waals surface area contributed by atoms with Gasteiger partial charge in [0.05, 0.1) is 11.2 Å². The Morgan fingerprint density at radius 1 is 1.19 bits per heavy atom. The van der Waals surface area contributed by atoms with Crippen molar-refractivity contribution >= 4 is 29.1 Å². The van der Waals surface area contributed by atoms with Gasteiger partial charge in [0.2, 0.25) is 0 Å². The number of benzene rings is 2. The van der Waals surface area contributed by atoms with Gasteiger partial charge in [0, 0.05) is 11.3 Å². The van der Waals surface area contributed by atoms with Crippen LogP contribution in [0.5, 0.6) is 0 Å². The number of carbonyl (C=O) groups is 1. The van der Waals surface area contributed by atoms with Crippen molar-refractivity contribution in [3.05, 3.63) is 69.7 Å². The number of nitrogens with one attached hydrogen (secondary N) is 1. The van der Waals surface area contributed by atoms with Gasteiger partial charge in [-0.3, -0.25) is 4.79 Å². The van der Waals surface area contributed by atoms with E-state index in [9.17, 15) is 18.0 Å². The van der Waals surface area contributed by atoms with E-state index in [0.29, 0.717) is 29.2 Å². The Hall–Kier alpha value is -3.20. The highest BCUT2D eigenvalue weighted by atomic mass is 32.1. The number of hydrogen-bond donors (Lipinski definition) is 1. The van der Waals surface area contributed by atoms with E-state index in [1.54, 1.807) is 30.5 Å². The number of oxime groups is 1. The molecule has 0 bridgehead atoms. The van der Waals surface area contributed by atoms with Crippen molar-refractivity contribution < 1.29 is 22.8 Å². The van der Waals surface area contributed by atoms with Gasteiger partial charge in [0.25, 0.3) is 5.91 Å². The van der Waals surface area contributed by atoms with E-state index in [4.69, 9.17) is 4.84 Å². The first kappa shape index (κ1) is 23.5. The van der Waals surface area contributed by atoms with Crippen LogP contribution in [0.15, 0.2) is 53.7 Å². The first-order valence-corrected chi connectivity index (χ1v) is 10.8. The summed E-state index contributed by atoms with van der Waals surface area (Å²) in [6, 6.07) is 14.3. The van der Waals surface area contributed by atoms with Crippen LogP contribution in [0.3, 0.4) is 0 Å². The zero-order chi connectivity index (χ0) is 23.1. The van der Waals surface area contributed by atoms with Crippen LogP contribution >= 0.6 is 11.3 Å². The smallest absolute Gasteiger partial charge is 0.396 e. The van der Waals surface area contributed by atoms with Crippen LogP contribution in [0.25, 0.3) is 11.1 Å². The molecule has 1 aromatic heterocycles. The predicted molar refractivity (Wildman–Crippen MR) is 120 cm³/mol. The fourth-order valence-corrected chi connectivity index (χ4v) is 3.74. The van der Waals surface area contributed by atoms with E-state index >= 15 is 0 Å². The van der Waals surface area contributed by atoms with Gasteiger partial charge < -0.3 is 10.2 Å². The summed E-state index contributed by atoms with van der Waals surface area (Å²) in [6.45, 7) is 4.07. The van der Waals surface area contributed by atoms with Gasteiger partial charge in [0.15, 0.2) is 5.69 Å². The third-order valence-corrected chi connectivity index (χ3v) is 5.44. The lowest BCUT2D eigenvalue weighted by molar-refractivity contribution is -0.141. The predicted octanol–water partition coefficient (Wildman–Crippen LogP) is 6.54. The normalized spacial score (nSPS) is 11.7. The summed E-state index contributed by atoms with van der Waals surface area (Å²) in [4.78, 5) is 20.9. The Morgan fingerprint density at radius 2 is 1.91 bits per heavy atom. The number of anilines is 1. The lowest BCUT2D eigenvalue weighted by atomic mass is 10.0. The number of hydrogen-bond acceptors (Lipinski definition) is 5. The average Bonchev–Trinajstić information content (AvgIpc) is 3.17. The fraction of sp³-hybridized carbons (Fsp3) is 0.261. The molecule has 0 saturated heterocycles. The Labute approximate surface area is 187 Å². The van der Waals surface area contributed by atoms with Gasteiger partial charge in [-0.15, -0.1) is 11.3 Å². The number of nitrogens with zero attached hydrogens (tertiary/aromatic N) is 2. The molecule has 1 amide bonds. The number of alkyl halides is 3. The molecule has 1 N–H and O–H groups in total. The Bertz CT molecular complexity index is 1090. The molecule has 0 atom stereocenters. The third-order valence-electron chi connectivity index (χ3n) is 4.47. The average molecular weight is 462 g/mol. The molecular weight excluding hydrogens is 439 g/mol. The Kier molecular flexibility index (Phi) is 7.63. The minimum absolute atomic E-state index is 0.173. The minimum atomic E-state index is -4.70. The summed E-state index contributed by atoms with van der Waals surface area (Å²) >= 11 is 0.715. The summed E-state index contributed by atoms with van der Waals surface area (Å²) < 4.78 is 39.7. The quantitative estimate of drug-likeness (QED) is 0.235. The second-order valence-corrected chi connectivity index (χ2v) is 8.15. The molecule has 0 radical (unpaired) electrons. The molecule has 2 aromatic carbocycles. The van der Waals surface area contributed by atoms with Gasteiger partial charge in [-0.2, -0.15) is 13.2 Å². The summed E-state index contributed by atoms with van der Waals surface area (Å²) in [5, 5.41) is 6.70. The maximum atomic E-state index is 13.2. The monoisotopic (exact) mass is 461 g/mol. The van der Waals surface area contributed by atoms with Crippen LogP contribution < -0.4 is 5.32 Å². The molecule has 32 heavy (non-hydrogen) atoms. The molecular formula is C23H22F3N3O2S. The van der Waals surface area contributed by atoms with Crippen LogP contribution in [0, 0.1) is 6.92 Å². The molecule has 0 fully saturated rings. The number of para-hydroxylation sites is 1. The number of unbranched alkanes of at least 4 members (excludes halogenated alkanes) is 1. The molecule has 0 aliphatic carbocycles. The largest absolute Gasteiger partial charge is 0.435 e. The van der Waals surface area contributed by atoms with Crippen molar-refractivity contribution in [2.45, 2.75) is 32.9 Å². The van der Waals surface area contributed by atoms with Crippen LogP contribution in [0.1, 0.15) is 45.7 Å². The highest BCUT2D eigenvalue weighted by Crippen LogP contribution is 2.35. The molecule has 0 spiro atoms. The Morgan fingerprint density at radius 3 is 2.59 bits per heavy atom. The first-order valence-electron chi connectivity index (χ1n) is 10.0. The van der Waals surface area contributed by atoms with Crippen molar-refractivity contribution in [1.82, 2.24) is 4.98 Å². The van der Waals surface area contributed by atoms with Crippen LogP contribution in [-0.4, -0.2) is 23.7 Å². The third kappa shape index (κ3) is 5.94. The summed E-state index contributed by atoms with van der Waals surface area (Å²) in [7, 11) is 0. The number of rotatable bonds is 8. The molecule has 0 aliphatic rings. The SMILES string of the molecule is CCCCON=Cc1ccc(-c2ccccc2NC(=O)c2sc(C)nc2C(F)(F)F)cc1. The van der Waals surface area contributed by atoms with Gasteiger partial charge in [-0.25, -0.2) is 4.98 Å². The Balaban J connectivity index is 1.79. The van der Waals surface area contributed by atoms with Gasteiger partial charge >= 0.3 is 6.18 Å². The summed E-state index contributed by atoms with van der Waals surface area (Å²) in [5.74, 6) is -0.844. The lowest BCUT2D eigenvalue weighted by Crippen LogP contribution is -2.17. The first-order chi connectivity index (χ1) is 15.3. The second kappa shape index (κ2) is 10.4. The number of thiazole rings is 1. The molecule has 0 aliphatic heterocycles.